The maximum absolute atomic E-state index is 11.8. The Labute approximate surface area is 185 Å². The average molecular weight is 442 g/mol. The van der Waals surface area contributed by atoms with Crippen LogP contribution < -0.4 is 0 Å². The molecule has 6 heteroatoms. The number of aryl methyl sites for hydroxylation is 3. The molecule has 158 valence electrons. The van der Waals surface area contributed by atoms with E-state index in [1.54, 1.807) is 35.0 Å². The molecule has 3 aromatic rings. The quantitative estimate of drug-likeness (QED) is 0.225. The number of rotatable bonds is 9. The van der Waals surface area contributed by atoms with Crippen LogP contribution in [0.2, 0.25) is 0 Å². The lowest BCUT2D eigenvalue weighted by molar-refractivity contribution is -0.143. The average Bonchev–Trinajstić information content (AvgIpc) is 3.33. The number of esters is 1. The third-order valence-corrected chi connectivity index (χ3v) is 7.15. The van der Waals surface area contributed by atoms with E-state index in [1.165, 1.54) is 20.2 Å². The summed E-state index contributed by atoms with van der Waals surface area (Å²) in [6.07, 6.45) is 4.56. The van der Waals surface area contributed by atoms with Gasteiger partial charge in [0.2, 0.25) is 0 Å². The van der Waals surface area contributed by atoms with Gasteiger partial charge < -0.3 is 9.84 Å². The van der Waals surface area contributed by atoms with Crippen LogP contribution in [0.3, 0.4) is 0 Å². The van der Waals surface area contributed by atoms with E-state index < -0.39 is 0 Å². The van der Waals surface area contributed by atoms with Gasteiger partial charge in [0.15, 0.2) is 0 Å². The molecule has 1 N–H and O–H groups in total. The summed E-state index contributed by atoms with van der Waals surface area (Å²) in [5.41, 5.74) is 2.77. The molecule has 2 aromatic heterocycles. The SMILES string of the molecule is CCCCOC(=O)CCc1ccc(O)c(/N=C/c2ccc(-c3cc(C)c(C)s3)s2)c1. The van der Waals surface area contributed by atoms with Crippen molar-refractivity contribution in [2.24, 2.45) is 4.99 Å². The zero-order valence-electron chi connectivity index (χ0n) is 17.6. The molecule has 30 heavy (non-hydrogen) atoms. The third kappa shape index (κ3) is 6.03. The molecule has 0 radical (unpaired) electrons. The highest BCUT2D eigenvalue weighted by Gasteiger charge is 2.08. The highest BCUT2D eigenvalue weighted by molar-refractivity contribution is 7.23. The number of thiophene rings is 2. The highest BCUT2D eigenvalue weighted by atomic mass is 32.1. The zero-order chi connectivity index (χ0) is 21.5. The van der Waals surface area contributed by atoms with E-state index in [2.05, 4.69) is 37.9 Å². The summed E-state index contributed by atoms with van der Waals surface area (Å²) in [6, 6.07) is 11.6. The molecular formula is C24H27NO3S2. The minimum atomic E-state index is -0.188. The molecule has 4 nitrogen and oxygen atoms in total. The minimum absolute atomic E-state index is 0.127. The lowest BCUT2D eigenvalue weighted by Gasteiger charge is -2.05. The van der Waals surface area contributed by atoms with Crippen LogP contribution in [0.25, 0.3) is 9.75 Å². The topological polar surface area (TPSA) is 58.9 Å². The molecule has 0 saturated carbocycles. The Balaban J connectivity index is 1.64. The summed E-state index contributed by atoms with van der Waals surface area (Å²) in [6.45, 7) is 6.81. The Morgan fingerprint density at radius 2 is 1.97 bits per heavy atom. The number of phenolic OH excluding ortho intramolecular Hbond substituents is 1. The summed E-state index contributed by atoms with van der Waals surface area (Å²) in [5, 5.41) is 10.1. The normalized spacial score (nSPS) is 11.3. The van der Waals surface area contributed by atoms with E-state index in [4.69, 9.17) is 4.74 Å². The lowest BCUT2D eigenvalue weighted by atomic mass is 10.1. The van der Waals surface area contributed by atoms with Crippen molar-refractivity contribution in [2.45, 2.75) is 46.5 Å². The smallest absolute Gasteiger partial charge is 0.306 e. The number of aromatic hydroxyl groups is 1. The van der Waals surface area contributed by atoms with Crippen molar-refractivity contribution >= 4 is 40.5 Å². The van der Waals surface area contributed by atoms with Crippen LogP contribution >= 0.6 is 22.7 Å². The maximum Gasteiger partial charge on any atom is 0.306 e. The van der Waals surface area contributed by atoms with E-state index >= 15 is 0 Å². The number of hydrogen-bond acceptors (Lipinski definition) is 6. The summed E-state index contributed by atoms with van der Waals surface area (Å²) in [5.74, 6) is -0.0615. The molecule has 0 amide bonds. The number of carbonyl (C=O) groups is 1. The lowest BCUT2D eigenvalue weighted by Crippen LogP contribution is -2.06. The van der Waals surface area contributed by atoms with Crippen molar-refractivity contribution in [1.29, 1.82) is 0 Å². The second-order valence-corrected chi connectivity index (χ2v) is 9.58. The molecule has 0 fully saturated rings. The third-order valence-electron chi connectivity index (χ3n) is 4.79. The predicted molar refractivity (Wildman–Crippen MR) is 127 cm³/mol. The van der Waals surface area contributed by atoms with Crippen LogP contribution in [0.5, 0.6) is 5.75 Å². The fourth-order valence-corrected chi connectivity index (χ4v) is 4.85. The second-order valence-electron chi connectivity index (χ2n) is 7.21. The molecule has 0 spiro atoms. The van der Waals surface area contributed by atoms with Crippen molar-refractivity contribution in [1.82, 2.24) is 0 Å². The van der Waals surface area contributed by atoms with Crippen molar-refractivity contribution in [3.63, 3.8) is 0 Å². The van der Waals surface area contributed by atoms with Gasteiger partial charge in [-0.2, -0.15) is 0 Å². The molecule has 3 rings (SSSR count). The highest BCUT2D eigenvalue weighted by Crippen LogP contribution is 2.35. The second kappa shape index (κ2) is 10.5. The fourth-order valence-electron chi connectivity index (χ4n) is 2.86. The van der Waals surface area contributed by atoms with Gasteiger partial charge in [0.1, 0.15) is 11.4 Å². The first-order valence-electron chi connectivity index (χ1n) is 10.1. The summed E-state index contributed by atoms with van der Waals surface area (Å²) in [7, 11) is 0. The molecule has 0 atom stereocenters. The Bertz CT molecular complexity index is 1010. The molecule has 0 aliphatic carbocycles. The number of carbonyl (C=O) groups excluding carboxylic acids is 1. The van der Waals surface area contributed by atoms with E-state index in [0.717, 1.165) is 23.3 Å². The number of ether oxygens (including phenoxy) is 1. The number of nitrogens with zero attached hydrogens (tertiary/aromatic N) is 1. The van der Waals surface area contributed by atoms with Gasteiger partial charge >= 0.3 is 5.97 Å². The van der Waals surface area contributed by atoms with Crippen LogP contribution in [0.4, 0.5) is 5.69 Å². The Morgan fingerprint density at radius 3 is 2.70 bits per heavy atom. The van der Waals surface area contributed by atoms with Gasteiger partial charge in [0.05, 0.1) is 6.61 Å². The fraction of sp³-hybridized carbons (Fsp3) is 0.333. The Hall–Kier alpha value is -2.44. The summed E-state index contributed by atoms with van der Waals surface area (Å²) < 4.78 is 5.20. The number of aliphatic imine (C=N–C) groups is 1. The monoisotopic (exact) mass is 441 g/mol. The number of hydrogen-bond donors (Lipinski definition) is 1. The molecular weight excluding hydrogens is 414 g/mol. The minimum Gasteiger partial charge on any atom is -0.506 e. The van der Waals surface area contributed by atoms with E-state index in [9.17, 15) is 9.90 Å². The Kier molecular flexibility index (Phi) is 7.82. The molecule has 0 saturated heterocycles. The zero-order valence-corrected chi connectivity index (χ0v) is 19.2. The first-order chi connectivity index (χ1) is 14.5. The molecule has 0 aliphatic heterocycles. The van der Waals surface area contributed by atoms with Crippen LogP contribution in [0.15, 0.2) is 41.4 Å². The first-order valence-corrected chi connectivity index (χ1v) is 11.8. The predicted octanol–water partition coefficient (Wildman–Crippen LogP) is 6.83. The van der Waals surface area contributed by atoms with Gasteiger partial charge in [-0.05, 0) is 68.1 Å². The van der Waals surface area contributed by atoms with Gasteiger partial charge in [0.25, 0.3) is 0 Å². The van der Waals surface area contributed by atoms with Crippen LogP contribution in [0.1, 0.15) is 47.1 Å². The van der Waals surface area contributed by atoms with Crippen molar-refractivity contribution in [3.8, 4) is 15.5 Å². The number of unbranched alkanes of at least 4 members (excludes halogenated alkanes) is 1. The molecule has 1 aromatic carbocycles. The maximum atomic E-state index is 11.8. The summed E-state index contributed by atoms with van der Waals surface area (Å²) in [4.78, 5) is 21.1. The van der Waals surface area contributed by atoms with Gasteiger partial charge in [0, 0.05) is 32.1 Å². The van der Waals surface area contributed by atoms with Crippen molar-refractivity contribution < 1.29 is 14.6 Å². The van der Waals surface area contributed by atoms with Gasteiger partial charge in [-0.3, -0.25) is 9.79 Å². The van der Waals surface area contributed by atoms with Gasteiger partial charge in [-0.25, -0.2) is 0 Å². The van der Waals surface area contributed by atoms with Crippen molar-refractivity contribution in [3.05, 3.63) is 57.3 Å². The van der Waals surface area contributed by atoms with Crippen LogP contribution in [-0.4, -0.2) is 23.9 Å². The van der Waals surface area contributed by atoms with E-state index in [0.29, 0.717) is 25.1 Å². The largest absolute Gasteiger partial charge is 0.506 e. The first kappa shape index (κ1) is 22.2. The number of benzene rings is 1. The molecule has 2 heterocycles. The molecule has 0 unspecified atom stereocenters. The van der Waals surface area contributed by atoms with Crippen LogP contribution in [-0.2, 0) is 16.0 Å². The van der Waals surface area contributed by atoms with E-state index in [-0.39, 0.29) is 11.7 Å². The van der Waals surface area contributed by atoms with Crippen LogP contribution in [0, 0.1) is 13.8 Å². The van der Waals surface area contributed by atoms with Gasteiger partial charge in [-0.15, -0.1) is 22.7 Å². The van der Waals surface area contributed by atoms with Crippen molar-refractivity contribution in [2.75, 3.05) is 6.61 Å². The molecule has 0 aliphatic rings. The Morgan fingerprint density at radius 1 is 1.13 bits per heavy atom. The van der Waals surface area contributed by atoms with Gasteiger partial charge in [-0.1, -0.05) is 19.4 Å². The standard InChI is InChI=1S/C24H27NO3S2/c1-4-5-12-28-24(27)11-7-18-6-9-21(26)20(14-18)25-15-19-8-10-22(30-19)23-13-16(2)17(3)29-23/h6,8-10,13-15,26H,4-5,7,11-12H2,1-3H3/b25-15+. The van der Waals surface area contributed by atoms with E-state index in [1.807, 2.05) is 18.2 Å². The summed E-state index contributed by atoms with van der Waals surface area (Å²) >= 11 is 3.48. The molecule has 0 bridgehead atoms. The number of phenols is 1.